The molecule has 0 aliphatic carbocycles. The van der Waals surface area contributed by atoms with Gasteiger partial charge in [-0.15, -0.1) is 0 Å². The lowest BCUT2D eigenvalue weighted by Gasteiger charge is -2.20. The number of aldehydes is 1. The van der Waals surface area contributed by atoms with Crippen LogP contribution in [0.4, 0.5) is 4.39 Å². The zero-order valence-electron chi connectivity index (χ0n) is 6.17. The Labute approximate surface area is 68.1 Å². The molecule has 0 fully saturated rings. The normalized spacial score (nSPS) is 21.1. The minimum Gasteiger partial charge on any atom is -0.394 e. The summed E-state index contributed by atoms with van der Waals surface area (Å²) in [5.41, 5.74) is 0. The van der Waals surface area contributed by atoms with Gasteiger partial charge in [-0.3, -0.25) is 0 Å². The monoisotopic (exact) mass is 182 g/mol. The Bertz CT molecular complexity index is 142. The Morgan fingerprint density at radius 2 is 1.83 bits per heavy atom. The number of rotatable bonds is 5. The maximum atomic E-state index is 12.6. The number of hydrogen-bond acceptors (Lipinski definition) is 5. The molecule has 0 aromatic heterocycles. The average Bonchev–Trinajstić information content (AvgIpc) is 2.12. The van der Waals surface area contributed by atoms with Gasteiger partial charge in [-0.25, -0.2) is 4.39 Å². The van der Waals surface area contributed by atoms with E-state index in [0.717, 1.165) is 0 Å². The zero-order valence-corrected chi connectivity index (χ0v) is 6.17. The van der Waals surface area contributed by atoms with Gasteiger partial charge in [-0.1, -0.05) is 0 Å². The summed E-state index contributed by atoms with van der Waals surface area (Å²) in [6, 6.07) is 0. The molecule has 0 unspecified atom stereocenters. The Hall–Kier alpha value is -0.560. The van der Waals surface area contributed by atoms with Gasteiger partial charge >= 0.3 is 0 Å². The SMILES string of the molecule is O=C[C@H](O)[C@@H](F)[C@H](O)[C@H](O)CO. The van der Waals surface area contributed by atoms with Crippen LogP contribution in [0.2, 0.25) is 0 Å². The average molecular weight is 182 g/mol. The molecule has 0 saturated heterocycles. The van der Waals surface area contributed by atoms with Crippen LogP contribution in [0.1, 0.15) is 0 Å². The molecule has 0 amide bonds. The third-order valence-electron chi connectivity index (χ3n) is 1.37. The second kappa shape index (κ2) is 5.15. The predicted octanol–water partition coefficient (Wildman–Crippen LogP) is -2.40. The fourth-order valence-corrected chi connectivity index (χ4v) is 0.597. The van der Waals surface area contributed by atoms with Crippen molar-refractivity contribution < 1.29 is 29.6 Å². The summed E-state index contributed by atoms with van der Waals surface area (Å²) in [6.07, 6.45) is -8.03. The fraction of sp³-hybridized carbons (Fsp3) is 0.833. The minimum absolute atomic E-state index is 0.0992. The highest BCUT2D eigenvalue weighted by atomic mass is 19.1. The number of aliphatic hydroxyl groups excluding tert-OH is 4. The van der Waals surface area contributed by atoms with Crippen molar-refractivity contribution >= 4 is 6.29 Å². The molecule has 0 aliphatic rings. The van der Waals surface area contributed by atoms with E-state index in [1.54, 1.807) is 0 Å². The summed E-state index contributed by atoms with van der Waals surface area (Å²) in [5.74, 6) is 0. The van der Waals surface area contributed by atoms with Crippen LogP contribution in [0.5, 0.6) is 0 Å². The van der Waals surface area contributed by atoms with Crippen LogP contribution in [-0.4, -0.2) is 57.8 Å². The molecule has 0 saturated carbocycles. The van der Waals surface area contributed by atoms with Gasteiger partial charge in [-0.05, 0) is 0 Å². The standard InChI is InChI=1S/C6H11FO5/c7-5(3(10)1-8)6(12)4(11)2-9/h1,3-6,9-12H,2H2/t3-,4+,5+,6+/m0/s1. The van der Waals surface area contributed by atoms with Crippen molar-refractivity contribution in [3.8, 4) is 0 Å². The van der Waals surface area contributed by atoms with Gasteiger partial charge in [-0.2, -0.15) is 0 Å². The van der Waals surface area contributed by atoms with E-state index in [1.165, 1.54) is 0 Å². The third kappa shape index (κ3) is 2.82. The molecule has 12 heavy (non-hydrogen) atoms. The van der Waals surface area contributed by atoms with Gasteiger partial charge < -0.3 is 25.2 Å². The molecule has 0 bridgehead atoms. The van der Waals surface area contributed by atoms with Crippen molar-refractivity contribution in [2.24, 2.45) is 0 Å². The molecule has 72 valence electrons. The first-order chi connectivity index (χ1) is 5.54. The van der Waals surface area contributed by atoms with Crippen LogP contribution in [0, 0.1) is 0 Å². The van der Waals surface area contributed by atoms with Crippen molar-refractivity contribution in [3.05, 3.63) is 0 Å². The predicted molar refractivity (Wildman–Crippen MR) is 36.1 cm³/mol. The van der Waals surface area contributed by atoms with Gasteiger partial charge in [0.05, 0.1) is 6.61 Å². The van der Waals surface area contributed by atoms with Crippen LogP contribution < -0.4 is 0 Å². The van der Waals surface area contributed by atoms with E-state index in [1.807, 2.05) is 0 Å². The summed E-state index contributed by atoms with van der Waals surface area (Å²) < 4.78 is 12.6. The topological polar surface area (TPSA) is 98.0 Å². The summed E-state index contributed by atoms with van der Waals surface area (Å²) in [5, 5.41) is 34.3. The first kappa shape index (κ1) is 11.4. The molecule has 4 atom stereocenters. The van der Waals surface area contributed by atoms with Crippen LogP contribution in [0.15, 0.2) is 0 Å². The molecule has 0 radical (unpaired) electrons. The number of carbonyl (C=O) groups excluding carboxylic acids is 1. The smallest absolute Gasteiger partial charge is 0.161 e. The third-order valence-corrected chi connectivity index (χ3v) is 1.37. The highest BCUT2D eigenvalue weighted by molar-refractivity contribution is 5.56. The second-order valence-corrected chi connectivity index (χ2v) is 2.31. The Morgan fingerprint density at radius 1 is 1.33 bits per heavy atom. The van der Waals surface area contributed by atoms with E-state index in [0.29, 0.717) is 0 Å². The Balaban J connectivity index is 4.07. The number of alkyl halides is 1. The largest absolute Gasteiger partial charge is 0.394 e. The van der Waals surface area contributed by atoms with Crippen molar-refractivity contribution in [2.45, 2.75) is 24.5 Å². The van der Waals surface area contributed by atoms with E-state index in [2.05, 4.69) is 0 Å². The van der Waals surface area contributed by atoms with E-state index in [9.17, 15) is 9.18 Å². The zero-order chi connectivity index (χ0) is 9.72. The fourth-order valence-electron chi connectivity index (χ4n) is 0.597. The van der Waals surface area contributed by atoms with Gasteiger partial charge in [0, 0.05) is 0 Å². The molecule has 6 heteroatoms. The molecule has 0 rings (SSSR count). The summed E-state index contributed by atoms with van der Waals surface area (Å²) in [4.78, 5) is 9.82. The molecule has 0 aromatic carbocycles. The minimum atomic E-state index is -2.29. The van der Waals surface area contributed by atoms with E-state index < -0.39 is 31.1 Å². The van der Waals surface area contributed by atoms with Crippen LogP contribution in [0.3, 0.4) is 0 Å². The van der Waals surface area contributed by atoms with E-state index in [-0.39, 0.29) is 6.29 Å². The van der Waals surface area contributed by atoms with Crippen LogP contribution in [-0.2, 0) is 4.79 Å². The van der Waals surface area contributed by atoms with Crippen LogP contribution in [0.25, 0.3) is 0 Å². The van der Waals surface area contributed by atoms with Gasteiger partial charge in [0.25, 0.3) is 0 Å². The van der Waals surface area contributed by atoms with Gasteiger partial charge in [0.2, 0.25) is 0 Å². The highest BCUT2D eigenvalue weighted by Gasteiger charge is 2.31. The number of halogens is 1. The number of carbonyl (C=O) groups is 1. The molecule has 0 spiro atoms. The van der Waals surface area contributed by atoms with Crippen molar-refractivity contribution in [2.75, 3.05) is 6.61 Å². The first-order valence-electron chi connectivity index (χ1n) is 3.29. The molecular formula is C6H11FO5. The van der Waals surface area contributed by atoms with Crippen molar-refractivity contribution in [1.82, 2.24) is 0 Å². The van der Waals surface area contributed by atoms with E-state index in [4.69, 9.17) is 20.4 Å². The Morgan fingerprint density at radius 3 is 2.17 bits per heavy atom. The van der Waals surface area contributed by atoms with Crippen molar-refractivity contribution in [1.29, 1.82) is 0 Å². The molecule has 0 heterocycles. The number of aliphatic hydroxyl groups is 4. The van der Waals surface area contributed by atoms with E-state index >= 15 is 0 Å². The maximum absolute atomic E-state index is 12.6. The van der Waals surface area contributed by atoms with Gasteiger partial charge in [0.1, 0.15) is 18.3 Å². The summed E-state index contributed by atoms with van der Waals surface area (Å²) in [6.45, 7) is -0.840. The summed E-state index contributed by atoms with van der Waals surface area (Å²) in [7, 11) is 0. The molecular weight excluding hydrogens is 171 g/mol. The lowest BCUT2D eigenvalue weighted by atomic mass is 10.1. The molecule has 4 N–H and O–H groups in total. The summed E-state index contributed by atoms with van der Waals surface area (Å²) >= 11 is 0. The second-order valence-electron chi connectivity index (χ2n) is 2.31. The Kier molecular flexibility index (Phi) is 4.91. The molecule has 0 aromatic rings. The molecule has 0 aliphatic heterocycles. The van der Waals surface area contributed by atoms with Gasteiger partial charge in [0.15, 0.2) is 12.5 Å². The molecule has 5 nitrogen and oxygen atoms in total. The number of hydrogen-bond donors (Lipinski definition) is 4. The van der Waals surface area contributed by atoms with Crippen molar-refractivity contribution in [3.63, 3.8) is 0 Å². The first-order valence-corrected chi connectivity index (χ1v) is 3.29. The maximum Gasteiger partial charge on any atom is 0.161 e. The lowest BCUT2D eigenvalue weighted by Crippen LogP contribution is -2.43. The quantitative estimate of drug-likeness (QED) is 0.355. The van der Waals surface area contributed by atoms with Crippen LogP contribution >= 0.6 is 0 Å². The lowest BCUT2D eigenvalue weighted by molar-refractivity contribution is -0.126. The highest BCUT2D eigenvalue weighted by Crippen LogP contribution is 2.07.